The third-order valence-corrected chi connectivity index (χ3v) is 5.34. The monoisotopic (exact) mass is 417 g/mol. The molecule has 31 heavy (non-hydrogen) atoms. The van der Waals surface area contributed by atoms with Gasteiger partial charge < -0.3 is 15.4 Å². The third-order valence-electron chi connectivity index (χ3n) is 5.34. The van der Waals surface area contributed by atoms with Crippen molar-refractivity contribution in [3.8, 4) is 0 Å². The molecule has 4 rings (SSSR count). The zero-order valence-corrected chi connectivity index (χ0v) is 17.2. The van der Waals surface area contributed by atoms with E-state index in [0.29, 0.717) is 16.8 Å². The van der Waals surface area contributed by atoms with Crippen LogP contribution >= 0.6 is 0 Å². The Kier molecular flexibility index (Phi) is 5.93. The van der Waals surface area contributed by atoms with E-state index in [-0.39, 0.29) is 5.91 Å². The van der Waals surface area contributed by atoms with Gasteiger partial charge in [-0.05, 0) is 55.5 Å². The number of para-hydroxylation sites is 1. The molecule has 0 radical (unpaired) electrons. The van der Waals surface area contributed by atoms with Crippen LogP contribution in [0.4, 0.5) is 5.69 Å². The van der Waals surface area contributed by atoms with Crippen molar-refractivity contribution in [2.75, 3.05) is 19.0 Å². The number of fused-ring (bicyclic) bond motifs is 2. The zero-order valence-electron chi connectivity index (χ0n) is 17.2. The molecule has 2 N–H and O–H groups in total. The summed E-state index contributed by atoms with van der Waals surface area (Å²) in [5, 5.41) is 5.93. The van der Waals surface area contributed by atoms with Crippen molar-refractivity contribution in [1.82, 2.24) is 10.3 Å². The molecule has 2 aromatic carbocycles. The second-order valence-electron chi connectivity index (χ2n) is 7.42. The second-order valence-corrected chi connectivity index (χ2v) is 7.42. The molecule has 0 fully saturated rings. The van der Waals surface area contributed by atoms with Gasteiger partial charge in [-0.15, -0.1) is 0 Å². The molecule has 1 aromatic heterocycles. The molecule has 1 heterocycles. The number of nitrogens with one attached hydrogen (secondary N) is 2. The number of hydrogen-bond acceptors (Lipinski definition) is 5. The summed E-state index contributed by atoms with van der Waals surface area (Å²) in [6.45, 7) is -0.422. The first-order chi connectivity index (χ1) is 15.1. The largest absolute Gasteiger partial charge is 0.452 e. The summed E-state index contributed by atoms with van der Waals surface area (Å²) in [7, 11) is 1.54. The highest BCUT2D eigenvalue weighted by molar-refractivity contribution is 6.06. The lowest BCUT2D eigenvalue weighted by molar-refractivity contribution is -0.119. The molecule has 0 saturated carbocycles. The average Bonchev–Trinajstić information content (AvgIpc) is 2.80. The van der Waals surface area contributed by atoms with Crippen LogP contribution in [0.2, 0.25) is 0 Å². The van der Waals surface area contributed by atoms with Crippen molar-refractivity contribution < 1.29 is 19.1 Å². The molecular weight excluding hydrogens is 394 g/mol. The van der Waals surface area contributed by atoms with Crippen molar-refractivity contribution in [2.24, 2.45) is 0 Å². The number of carbonyl (C=O) groups excluding carboxylic acids is 3. The van der Waals surface area contributed by atoms with Gasteiger partial charge in [0.25, 0.3) is 11.8 Å². The molecule has 0 spiro atoms. The number of esters is 1. The Bertz CT molecular complexity index is 1170. The Morgan fingerprint density at radius 2 is 1.84 bits per heavy atom. The number of anilines is 1. The minimum Gasteiger partial charge on any atom is -0.452 e. The predicted molar refractivity (Wildman–Crippen MR) is 117 cm³/mol. The fraction of sp³-hybridized carbons (Fsp3) is 0.250. The summed E-state index contributed by atoms with van der Waals surface area (Å²) in [5.41, 5.74) is 4.00. The molecule has 2 amide bonds. The summed E-state index contributed by atoms with van der Waals surface area (Å²) in [4.78, 5) is 41.8. The van der Waals surface area contributed by atoms with Crippen LogP contribution in [-0.4, -0.2) is 36.4 Å². The van der Waals surface area contributed by atoms with Crippen LogP contribution in [0.1, 0.15) is 44.8 Å². The number of aromatic nitrogens is 1. The number of pyridine rings is 1. The maximum absolute atomic E-state index is 13.0. The summed E-state index contributed by atoms with van der Waals surface area (Å²) >= 11 is 0. The van der Waals surface area contributed by atoms with Crippen LogP contribution in [0, 0.1) is 0 Å². The van der Waals surface area contributed by atoms with E-state index in [9.17, 15) is 14.4 Å². The highest BCUT2D eigenvalue weighted by atomic mass is 16.5. The fourth-order valence-electron chi connectivity index (χ4n) is 3.89. The van der Waals surface area contributed by atoms with Crippen LogP contribution in [0.25, 0.3) is 10.9 Å². The second kappa shape index (κ2) is 8.95. The van der Waals surface area contributed by atoms with Crippen molar-refractivity contribution in [2.45, 2.75) is 25.7 Å². The van der Waals surface area contributed by atoms with Crippen LogP contribution < -0.4 is 10.6 Å². The van der Waals surface area contributed by atoms with Crippen LogP contribution in [0.5, 0.6) is 0 Å². The molecule has 158 valence electrons. The Labute approximate surface area is 179 Å². The lowest BCUT2D eigenvalue weighted by Crippen LogP contribution is -2.23. The van der Waals surface area contributed by atoms with Gasteiger partial charge in [-0.2, -0.15) is 0 Å². The normalized spacial score (nSPS) is 12.7. The molecule has 0 atom stereocenters. The molecule has 0 aliphatic heterocycles. The average molecular weight is 417 g/mol. The van der Waals surface area contributed by atoms with Crippen molar-refractivity contribution in [3.63, 3.8) is 0 Å². The fourth-order valence-corrected chi connectivity index (χ4v) is 3.89. The summed E-state index contributed by atoms with van der Waals surface area (Å²) in [5.74, 6) is -1.25. The molecule has 7 heteroatoms. The number of hydrogen-bond donors (Lipinski definition) is 2. The number of rotatable bonds is 5. The molecule has 1 aliphatic rings. The van der Waals surface area contributed by atoms with Gasteiger partial charge in [0.2, 0.25) is 0 Å². The van der Waals surface area contributed by atoms with Crippen molar-refractivity contribution in [3.05, 3.63) is 70.9 Å². The summed E-state index contributed by atoms with van der Waals surface area (Å²) in [6.07, 6.45) is 3.65. The van der Waals surface area contributed by atoms with Gasteiger partial charge in [0, 0.05) is 29.4 Å². The smallest absolute Gasteiger partial charge is 0.339 e. The van der Waals surface area contributed by atoms with Gasteiger partial charge in [0.15, 0.2) is 6.61 Å². The predicted octanol–water partition coefficient (Wildman–Crippen LogP) is 3.27. The van der Waals surface area contributed by atoms with Gasteiger partial charge in [-0.25, -0.2) is 4.79 Å². The van der Waals surface area contributed by atoms with E-state index >= 15 is 0 Å². The zero-order chi connectivity index (χ0) is 21.8. The first-order valence-corrected chi connectivity index (χ1v) is 10.3. The number of amides is 2. The number of carbonyl (C=O) groups is 3. The van der Waals surface area contributed by atoms with Gasteiger partial charge in [0.1, 0.15) is 0 Å². The molecular formula is C24H23N3O4. The Morgan fingerprint density at radius 3 is 2.68 bits per heavy atom. The van der Waals surface area contributed by atoms with Gasteiger partial charge in [-0.1, -0.05) is 24.3 Å². The topological polar surface area (TPSA) is 97.4 Å². The third kappa shape index (κ3) is 4.40. The Hall–Kier alpha value is -3.74. The van der Waals surface area contributed by atoms with Crippen molar-refractivity contribution in [1.29, 1.82) is 0 Å². The van der Waals surface area contributed by atoms with E-state index in [1.165, 1.54) is 7.05 Å². The van der Waals surface area contributed by atoms with E-state index in [1.807, 2.05) is 24.3 Å². The molecule has 7 nitrogen and oxygen atoms in total. The minimum atomic E-state index is -0.522. The summed E-state index contributed by atoms with van der Waals surface area (Å²) < 4.78 is 5.38. The molecule has 1 aliphatic carbocycles. The molecule has 0 bridgehead atoms. The number of nitrogens with zero attached hydrogens (tertiary/aromatic N) is 1. The molecule has 0 saturated heterocycles. The standard InChI is InChI=1S/C24H23N3O4/c1-25-23(29)15-7-6-8-16(13-15)26-21(28)14-31-24(30)22-17-9-2-4-11-19(17)27-20-12-5-3-10-18(20)22/h2,4,6-9,11,13H,3,5,10,12,14H2,1H3,(H,25,29)(H,26,28). The first-order valence-electron chi connectivity index (χ1n) is 10.3. The summed E-state index contributed by atoms with van der Waals surface area (Å²) in [6, 6.07) is 14.0. The van der Waals surface area contributed by atoms with Gasteiger partial charge in [-0.3, -0.25) is 14.6 Å². The Morgan fingerprint density at radius 1 is 1.03 bits per heavy atom. The highest BCUT2D eigenvalue weighted by Crippen LogP contribution is 2.29. The first kappa shape index (κ1) is 20.5. The number of benzene rings is 2. The van der Waals surface area contributed by atoms with Crippen LogP contribution in [0.15, 0.2) is 48.5 Å². The van der Waals surface area contributed by atoms with Crippen LogP contribution in [0.3, 0.4) is 0 Å². The van der Waals surface area contributed by atoms with E-state index in [4.69, 9.17) is 9.72 Å². The van der Waals surface area contributed by atoms with Crippen LogP contribution in [-0.2, 0) is 22.4 Å². The van der Waals surface area contributed by atoms with E-state index in [2.05, 4.69) is 10.6 Å². The molecule has 3 aromatic rings. The van der Waals surface area contributed by atoms with E-state index in [1.54, 1.807) is 24.3 Å². The maximum Gasteiger partial charge on any atom is 0.339 e. The maximum atomic E-state index is 13.0. The number of ether oxygens (including phenoxy) is 1. The number of aryl methyl sites for hydroxylation is 1. The Balaban J connectivity index is 1.50. The lowest BCUT2D eigenvalue weighted by atomic mass is 9.90. The van der Waals surface area contributed by atoms with E-state index in [0.717, 1.165) is 47.8 Å². The SMILES string of the molecule is CNC(=O)c1cccc(NC(=O)COC(=O)c2c3c(nc4ccccc24)CCCC3)c1. The van der Waals surface area contributed by atoms with Gasteiger partial charge >= 0.3 is 5.97 Å². The highest BCUT2D eigenvalue weighted by Gasteiger charge is 2.24. The van der Waals surface area contributed by atoms with Crippen molar-refractivity contribution >= 4 is 34.4 Å². The van der Waals surface area contributed by atoms with E-state index < -0.39 is 18.5 Å². The molecule has 0 unspecified atom stereocenters. The van der Waals surface area contributed by atoms with Gasteiger partial charge in [0.05, 0.1) is 11.1 Å². The quantitative estimate of drug-likeness (QED) is 0.621. The minimum absolute atomic E-state index is 0.253. The lowest BCUT2D eigenvalue weighted by Gasteiger charge is -2.19.